The maximum Gasteiger partial charge on any atom is 0.261 e. The van der Waals surface area contributed by atoms with Crippen LogP contribution in [0.2, 0.25) is 5.02 Å². The summed E-state index contributed by atoms with van der Waals surface area (Å²) in [6, 6.07) is 7.14. The van der Waals surface area contributed by atoms with Gasteiger partial charge in [0.2, 0.25) is 0 Å². The van der Waals surface area contributed by atoms with Gasteiger partial charge in [-0.1, -0.05) is 11.6 Å². The first-order valence-corrected chi connectivity index (χ1v) is 11.3. The third-order valence-corrected chi connectivity index (χ3v) is 6.00. The van der Waals surface area contributed by atoms with Gasteiger partial charge in [0.05, 0.1) is 50.6 Å². The standard InChI is InChI=1S/C23H24ClN7O3/c1-33-20-4-3-16(24)13-17(20)21-19(15-27-30(21)8-7-29-9-11-34-12-10-29)28-23(32)18-14-26-31-6-2-5-25-22(18)31/h2-6,13-15H,7-12H2,1H3,(H,28,32). The Labute approximate surface area is 201 Å². The number of methoxy groups -OCH3 is 1. The number of nitrogens with zero attached hydrogens (tertiary/aromatic N) is 6. The molecule has 1 aliphatic heterocycles. The average molecular weight is 482 g/mol. The SMILES string of the molecule is COc1ccc(Cl)cc1-c1c(NC(=O)c2cnn3cccnc23)cnn1CCN1CCOCC1. The molecule has 11 heteroatoms. The average Bonchev–Trinajstić information content (AvgIpc) is 3.47. The highest BCUT2D eigenvalue weighted by Gasteiger charge is 2.22. The number of morpholine rings is 1. The molecule has 1 N–H and O–H groups in total. The van der Waals surface area contributed by atoms with Crippen molar-refractivity contribution < 1.29 is 14.3 Å². The quantitative estimate of drug-likeness (QED) is 0.433. The Morgan fingerprint density at radius 3 is 2.88 bits per heavy atom. The first-order chi connectivity index (χ1) is 16.6. The first kappa shape index (κ1) is 22.3. The zero-order chi connectivity index (χ0) is 23.5. The molecule has 1 saturated heterocycles. The number of hydrogen-bond acceptors (Lipinski definition) is 7. The molecule has 1 fully saturated rings. The van der Waals surface area contributed by atoms with Crippen molar-refractivity contribution in [2.75, 3.05) is 45.3 Å². The van der Waals surface area contributed by atoms with E-state index < -0.39 is 0 Å². The summed E-state index contributed by atoms with van der Waals surface area (Å²) in [6.07, 6.45) is 6.51. The van der Waals surface area contributed by atoms with Crippen LogP contribution in [0.3, 0.4) is 0 Å². The summed E-state index contributed by atoms with van der Waals surface area (Å²) in [5.74, 6) is 0.300. The highest BCUT2D eigenvalue weighted by molar-refractivity contribution is 6.31. The molecule has 0 bridgehead atoms. The minimum atomic E-state index is -0.330. The molecule has 0 spiro atoms. The molecule has 10 nitrogen and oxygen atoms in total. The van der Waals surface area contributed by atoms with Crippen LogP contribution in [0.15, 0.2) is 49.1 Å². The lowest BCUT2D eigenvalue weighted by atomic mass is 10.1. The molecule has 3 aromatic heterocycles. The number of ether oxygens (including phenoxy) is 2. The van der Waals surface area contributed by atoms with Crippen LogP contribution in [0.5, 0.6) is 5.75 Å². The van der Waals surface area contributed by atoms with E-state index in [-0.39, 0.29) is 5.91 Å². The van der Waals surface area contributed by atoms with E-state index in [1.807, 2.05) is 10.7 Å². The topological polar surface area (TPSA) is 98.8 Å². The highest BCUT2D eigenvalue weighted by atomic mass is 35.5. The third-order valence-electron chi connectivity index (χ3n) is 5.76. The Morgan fingerprint density at radius 1 is 1.21 bits per heavy atom. The van der Waals surface area contributed by atoms with Gasteiger partial charge < -0.3 is 14.8 Å². The van der Waals surface area contributed by atoms with Crippen LogP contribution >= 0.6 is 11.6 Å². The van der Waals surface area contributed by atoms with Gasteiger partial charge in [0.15, 0.2) is 5.65 Å². The lowest BCUT2D eigenvalue weighted by Crippen LogP contribution is -2.38. The smallest absolute Gasteiger partial charge is 0.261 e. The second-order valence-corrected chi connectivity index (χ2v) is 8.27. The number of benzene rings is 1. The number of aromatic nitrogens is 5. The number of rotatable bonds is 7. The molecule has 0 unspecified atom stereocenters. The number of hydrogen-bond donors (Lipinski definition) is 1. The van der Waals surface area contributed by atoms with Gasteiger partial charge in [-0.3, -0.25) is 14.4 Å². The molecule has 34 heavy (non-hydrogen) atoms. The van der Waals surface area contributed by atoms with Crippen LogP contribution in [-0.2, 0) is 11.3 Å². The Bertz CT molecular complexity index is 1310. The minimum Gasteiger partial charge on any atom is -0.496 e. The van der Waals surface area contributed by atoms with Crippen molar-refractivity contribution in [3.63, 3.8) is 0 Å². The van der Waals surface area contributed by atoms with Gasteiger partial charge in [-0.15, -0.1) is 0 Å². The molecule has 4 aromatic rings. The lowest BCUT2D eigenvalue weighted by Gasteiger charge is -2.26. The number of fused-ring (bicyclic) bond motifs is 1. The van der Waals surface area contributed by atoms with Crippen molar-refractivity contribution in [2.45, 2.75) is 6.54 Å². The van der Waals surface area contributed by atoms with Crippen LogP contribution in [0.25, 0.3) is 16.9 Å². The number of amides is 1. The predicted molar refractivity (Wildman–Crippen MR) is 127 cm³/mol. The molecule has 0 aliphatic carbocycles. The molecule has 176 valence electrons. The van der Waals surface area contributed by atoms with Crippen LogP contribution in [0, 0.1) is 0 Å². The molecule has 1 aromatic carbocycles. The predicted octanol–water partition coefficient (Wildman–Crippen LogP) is 2.84. The summed E-state index contributed by atoms with van der Waals surface area (Å²) in [4.78, 5) is 19.8. The van der Waals surface area contributed by atoms with E-state index in [0.29, 0.717) is 39.9 Å². The fourth-order valence-electron chi connectivity index (χ4n) is 4.03. The van der Waals surface area contributed by atoms with E-state index in [1.165, 1.54) is 6.20 Å². The van der Waals surface area contributed by atoms with Crippen LogP contribution in [0.4, 0.5) is 5.69 Å². The normalized spacial score (nSPS) is 14.4. The van der Waals surface area contributed by atoms with Crippen LogP contribution < -0.4 is 10.1 Å². The van der Waals surface area contributed by atoms with Crippen LogP contribution in [-0.4, -0.2) is 75.1 Å². The first-order valence-electron chi connectivity index (χ1n) is 10.9. The van der Waals surface area contributed by atoms with Crippen molar-refractivity contribution in [2.24, 2.45) is 0 Å². The van der Waals surface area contributed by atoms with E-state index in [9.17, 15) is 4.79 Å². The maximum absolute atomic E-state index is 13.2. The highest BCUT2D eigenvalue weighted by Crippen LogP contribution is 2.37. The summed E-state index contributed by atoms with van der Waals surface area (Å²) in [5, 5.41) is 12.3. The minimum absolute atomic E-state index is 0.330. The van der Waals surface area contributed by atoms with Gasteiger partial charge in [0, 0.05) is 42.6 Å². The Balaban J connectivity index is 1.49. The molecule has 1 aliphatic rings. The van der Waals surface area contributed by atoms with E-state index >= 15 is 0 Å². The van der Waals surface area contributed by atoms with Crippen molar-refractivity contribution in [1.82, 2.24) is 29.3 Å². The molecule has 0 atom stereocenters. The molecule has 4 heterocycles. The molecular weight excluding hydrogens is 458 g/mol. The van der Waals surface area contributed by atoms with Gasteiger partial charge in [0.1, 0.15) is 11.3 Å². The van der Waals surface area contributed by atoms with Crippen molar-refractivity contribution in [1.29, 1.82) is 0 Å². The summed E-state index contributed by atoms with van der Waals surface area (Å²) in [7, 11) is 1.60. The second kappa shape index (κ2) is 9.80. The Hall–Kier alpha value is -3.47. The fraction of sp³-hybridized carbons (Fsp3) is 0.304. The lowest BCUT2D eigenvalue weighted by molar-refractivity contribution is 0.0360. The number of carbonyl (C=O) groups is 1. The second-order valence-electron chi connectivity index (χ2n) is 7.83. The Kier molecular flexibility index (Phi) is 6.43. The molecule has 5 rings (SSSR count). The van der Waals surface area contributed by atoms with Gasteiger partial charge in [-0.25, -0.2) is 9.50 Å². The summed E-state index contributed by atoms with van der Waals surface area (Å²) >= 11 is 6.33. The molecule has 1 amide bonds. The number of halogens is 1. The van der Waals surface area contributed by atoms with Crippen LogP contribution in [0.1, 0.15) is 10.4 Å². The van der Waals surface area contributed by atoms with E-state index in [0.717, 1.165) is 38.4 Å². The van der Waals surface area contributed by atoms with Crippen molar-refractivity contribution in [3.05, 3.63) is 59.6 Å². The zero-order valence-corrected chi connectivity index (χ0v) is 19.4. The largest absolute Gasteiger partial charge is 0.496 e. The molecular formula is C23H24ClN7O3. The fourth-order valence-corrected chi connectivity index (χ4v) is 4.21. The summed E-state index contributed by atoms with van der Waals surface area (Å²) in [6.45, 7) is 4.63. The zero-order valence-electron chi connectivity index (χ0n) is 18.6. The summed E-state index contributed by atoms with van der Waals surface area (Å²) < 4.78 is 14.5. The Morgan fingerprint density at radius 2 is 2.06 bits per heavy atom. The third kappa shape index (κ3) is 4.47. The van der Waals surface area contributed by atoms with Crippen molar-refractivity contribution >= 4 is 28.8 Å². The van der Waals surface area contributed by atoms with Gasteiger partial charge in [0.25, 0.3) is 5.91 Å². The summed E-state index contributed by atoms with van der Waals surface area (Å²) in [5.41, 5.74) is 2.84. The number of nitrogens with one attached hydrogen (secondary N) is 1. The van der Waals surface area contributed by atoms with E-state index in [2.05, 4.69) is 25.4 Å². The van der Waals surface area contributed by atoms with Crippen molar-refractivity contribution in [3.8, 4) is 17.0 Å². The maximum atomic E-state index is 13.2. The number of anilines is 1. The number of carbonyl (C=O) groups excluding carboxylic acids is 1. The van der Waals surface area contributed by atoms with E-state index in [1.54, 1.807) is 48.4 Å². The van der Waals surface area contributed by atoms with E-state index in [4.69, 9.17) is 21.1 Å². The monoisotopic (exact) mass is 481 g/mol. The molecule has 0 radical (unpaired) electrons. The molecule has 0 saturated carbocycles. The van der Waals surface area contributed by atoms with Gasteiger partial charge >= 0.3 is 0 Å². The van der Waals surface area contributed by atoms with Gasteiger partial charge in [-0.2, -0.15) is 10.2 Å². The van der Waals surface area contributed by atoms with Gasteiger partial charge in [-0.05, 0) is 24.3 Å².